The summed E-state index contributed by atoms with van der Waals surface area (Å²) in [5.41, 5.74) is 2.31. The number of carbonyl (C=O) groups is 1. The van der Waals surface area contributed by atoms with Crippen LogP contribution in [0.15, 0.2) is 18.5 Å². The number of hydrogen-bond donors (Lipinski definition) is 1. The number of aromatic nitrogens is 1. The molecule has 1 aliphatic rings. The summed E-state index contributed by atoms with van der Waals surface area (Å²) in [7, 11) is 0. The Labute approximate surface area is 94.9 Å². The molecule has 1 saturated heterocycles. The van der Waals surface area contributed by atoms with Crippen molar-refractivity contribution in [2.75, 3.05) is 18.0 Å². The quantitative estimate of drug-likeness (QED) is 0.839. The second kappa shape index (κ2) is 4.12. The van der Waals surface area contributed by atoms with Crippen molar-refractivity contribution >= 4 is 11.7 Å². The van der Waals surface area contributed by atoms with E-state index in [1.54, 1.807) is 13.1 Å². The van der Waals surface area contributed by atoms with E-state index < -0.39 is 5.97 Å². The summed E-state index contributed by atoms with van der Waals surface area (Å²) in [4.78, 5) is 17.1. The van der Waals surface area contributed by atoms with Gasteiger partial charge in [-0.05, 0) is 18.6 Å². The molecule has 86 valence electrons. The van der Waals surface area contributed by atoms with Crippen molar-refractivity contribution in [3.05, 3.63) is 24.0 Å². The van der Waals surface area contributed by atoms with Crippen molar-refractivity contribution in [1.29, 1.82) is 0 Å². The maximum absolute atomic E-state index is 10.8. The Kier molecular flexibility index (Phi) is 2.81. The highest BCUT2D eigenvalue weighted by atomic mass is 16.4. The van der Waals surface area contributed by atoms with Gasteiger partial charge in [0, 0.05) is 37.1 Å². The number of nitrogens with zero attached hydrogens (tertiary/aromatic N) is 2. The van der Waals surface area contributed by atoms with Crippen molar-refractivity contribution in [2.24, 2.45) is 11.8 Å². The predicted molar refractivity (Wildman–Crippen MR) is 61.5 cm³/mol. The van der Waals surface area contributed by atoms with Gasteiger partial charge in [-0.3, -0.25) is 9.78 Å². The molecule has 0 amide bonds. The number of aryl methyl sites for hydroxylation is 1. The van der Waals surface area contributed by atoms with E-state index in [2.05, 4.69) is 9.88 Å². The molecular formula is C12H16N2O2. The summed E-state index contributed by atoms with van der Waals surface area (Å²) in [6, 6.07) is 1.98. The van der Waals surface area contributed by atoms with Gasteiger partial charge in [0.05, 0.1) is 5.92 Å². The molecule has 0 saturated carbocycles. The number of rotatable bonds is 3. The van der Waals surface area contributed by atoms with Gasteiger partial charge in [0.25, 0.3) is 0 Å². The van der Waals surface area contributed by atoms with Gasteiger partial charge in [-0.2, -0.15) is 0 Å². The highest BCUT2D eigenvalue weighted by molar-refractivity contribution is 5.70. The lowest BCUT2D eigenvalue weighted by atomic mass is 9.86. The molecule has 4 nitrogen and oxygen atoms in total. The number of hydrogen-bond acceptors (Lipinski definition) is 3. The third-order valence-corrected chi connectivity index (χ3v) is 3.34. The average molecular weight is 220 g/mol. The molecule has 0 aromatic carbocycles. The van der Waals surface area contributed by atoms with Crippen LogP contribution in [0, 0.1) is 18.8 Å². The first-order valence-corrected chi connectivity index (χ1v) is 5.48. The fourth-order valence-electron chi connectivity index (χ4n) is 2.05. The summed E-state index contributed by atoms with van der Waals surface area (Å²) in [6.45, 7) is 5.47. The molecule has 1 N–H and O–H groups in total. The summed E-state index contributed by atoms with van der Waals surface area (Å²) in [6.07, 6.45) is 3.61. The summed E-state index contributed by atoms with van der Waals surface area (Å²) >= 11 is 0. The Morgan fingerprint density at radius 3 is 2.88 bits per heavy atom. The molecule has 1 aromatic rings. The first kappa shape index (κ1) is 10.9. The van der Waals surface area contributed by atoms with Crippen LogP contribution >= 0.6 is 0 Å². The minimum Gasteiger partial charge on any atom is -0.481 e. The Balaban J connectivity index is 1.99. The van der Waals surface area contributed by atoms with E-state index in [0.29, 0.717) is 0 Å². The van der Waals surface area contributed by atoms with Gasteiger partial charge in [0.1, 0.15) is 0 Å². The van der Waals surface area contributed by atoms with Gasteiger partial charge in [0.2, 0.25) is 0 Å². The lowest BCUT2D eigenvalue weighted by molar-refractivity contribution is -0.143. The fraction of sp³-hybridized carbons (Fsp3) is 0.500. The van der Waals surface area contributed by atoms with Gasteiger partial charge in [0.15, 0.2) is 0 Å². The third-order valence-electron chi connectivity index (χ3n) is 3.34. The highest BCUT2D eigenvalue weighted by Gasteiger charge is 2.35. The average Bonchev–Trinajstić information content (AvgIpc) is 2.18. The molecule has 16 heavy (non-hydrogen) atoms. The Morgan fingerprint density at radius 2 is 2.31 bits per heavy atom. The molecule has 4 heteroatoms. The first-order valence-electron chi connectivity index (χ1n) is 5.48. The van der Waals surface area contributed by atoms with E-state index in [4.69, 9.17) is 5.11 Å². The Morgan fingerprint density at radius 1 is 1.62 bits per heavy atom. The van der Waals surface area contributed by atoms with Crippen molar-refractivity contribution in [2.45, 2.75) is 13.8 Å². The number of pyridine rings is 1. The maximum atomic E-state index is 10.8. The summed E-state index contributed by atoms with van der Waals surface area (Å²) < 4.78 is 0. The lowest BCUT2D eigenvalue weighted by Gasteiger charge is -2.43. The zero-order chi connectivity index (χ0) is 11.7. The van der Waals surface area contributed by atoms with E-state index in [1.165, 1.54) is 5.69 Å². The molecule has 0 radical (unpaired) electrons. The van der Waals surface area contributed by atoms with Crippen molar-refractivity contribution in [3.8, 4) is 0 Å². The molecular weight excluding hydrogens is 204 g/mol. The first-order chi connectivity index (χ1) is 7.59. The largest absolute Gasteiger partial charge is 0.481 e. The Bertz CT molecular complexity index is 400. The van der Waals surface area contributed by atoms with E-state index in [1.807, 2.05) is 19.2 Å². The van der Waals surface area contributed by atoms with Crippen LogP contribution in [0.4, 0.5) is 5.69 Å². The van der Waals surface area contributed by atoms with Gasteiger partial charge in [-0.1, -0.05) is 6.92 Å². The molecule has 0 aliphatic carbocycles. The highest BCUT2D eigenvalue weighted by Crippen LogP contribution is 2.30. The van der Waals surface area contributed by atoms with Crippen LogP contribution in [0.3, 0.4) is 0 Å². The minimum atomic E-state index is -0.698. The minimum absolute atomic E-state index is 0.251. The lowest BCUT2D eigenvalue weighted by Crippen LogP contribution is -2.51. The topological polar surface area (TPSA) is 53.4 Å². The molecule has 1 unspecified atom stereocenters. The van der Waals surface area contributed by atoms with E-state index in [0.717, 1.165) is 18.7 Å². The summed E-state index contributed by atoms with van der Waals surface area (Å²) in [5.74, 6) is -0.681. The van der Waals surface area contributed by atoms with E-state index in [9.17, 15) is 4.79 Å². The van der Waals surface area contributed by atoms with Gasteiger partial charge in [-0.15, -0.1) is 0 Å². The second-order valence-electron chi connectivity index (χ2n) is 4.45. The fourth-order valence-corrected chi connectivity index (χ4v) is 2.05. The van der Waals surface area contributed by atoms with E-state index >= 15 is 0 Å². The van der Waals surface area contributed by atoms with Crippen LogP contribution in [-0.2, 0) is 4.79 Å². The standard InChI is InChI=1S/C12H16N2O2/c1-8-5-13-4-3-11(8)14-6-10(7-14)9(2)12(15)16/h3-5,9-10H,6-7H2,1-2H3,(H,15,16). The van der Waals surface area contributed by atoms with Crippen molar-refractivity contribution in [3.63, 3.8) is 0 Å². The number of carboxylic acids is 1. The van der Waals surface area contributed by atoms with Crippen LogP contribution in [0.1, 0.15) is 12.5 Å². The van der Waals surface area contributed by atoms with Crippen LogP contribution in [-0.4, -0.2) is 29.1 Å². The van der Waals surface area contributed by atoms with E-state index in [-0.39, 0.29) is 11.8 Å². The molecule has 1 aliphatic heterocycles. The number of aliphatic carboxylic acids is 1. The molecule has 0 bridgehead atoms. The zero-order valence-corrected chi connectivity index (χ0v) is 9.55. The number of carboxylic acid groups (broad SMARTS) is 1. The smallest absolute Gasteiger partial charge is 0.306 e. The molecule has 1 atom stereocenters. The van der Waals surface area contributed by atoms with Gasteiger partial charge < -0.3 is 10.0 Å². The normalized spacial score (nSPS) is 18.0. The zero-order valence-electron chi connectivity index (χ0n) is 9.55. The molecule has 1 fully saturated rings. The third kappa shape index (κ3) is 1.87. The molecule has 2 rings (SSSR count). The Hall–Kier alpha value is -1.58. The van der Waals surface area contributed by atoms with Crippen LogP contribution in [0.2, 0.25) is 0 Å². The van der Waals surface area contributed by atoms with Crippen LogP contribution < -0.4 is 4.90 Å². The monoisotopic (exact) mass is 220 g/mol. The number of anilines is 1. The molecule has 1 aromatic heterocycles. The van der Waals surface area contributed by atoms with Gasteiger partial charge >= 0.3 is 5.97 Å². The summed E-state index contributed by atoms with van der Waals surface area (Å²) in [5, 5.41) is 8.90. The van der Waals surface area contributed by atoms with Crippen LogP contribution in [0.5, 0.6) is 0 Å². The van der Waals surface area contributed by atoms with Crippen molar-refractivity contribution < 1.29 is 9.90 Å². The van der Waals surface area contributed by atoms with Crippen molar-refractivity contribution in [1.82, 2.24) is 4.98 Å². The van der Waals surface area contributed by atoms with Gasteiger partial charge in [-0.25, -0.2) is 0 Å². The maximum Gasteiger partial charge on any atom is 0.306 e. The SMILES string of the molecule is Cc1cnccc1N1CC(C(C)C(=O)O)C1. The molecule has 0 spiro atoms. The second-order valence-corrected chi connectivity index (χ2v) is 4.45. The van der Waals surface area contributed by atoms with Crippen LogP contribution in [0.25, 0.3) is 0 Å². The predicted octanol–water partition coefficient (Wildman–Crippen LogP) is 1.55. The molecule has 2 heterocycles.